The smallest absolute Gasteiger partial charge is 0.397 e. The Morgan fingerprint density at radius 2 is 1.75 bits per heavy atom. The predicted molar refractivity (Wildman–Crippen MR) is 63.3 cm³/mol. The molecule has 20 heavy (non-hydrogen) atoms. The van der Waals surface area contributed by atoms with E-state index in [1.54, 1.807) is 0 Å². The molecule has 2 rings (SSSR count). The molecule has 0 spiro atoms. The summed E-state index contributed by atoms with van der Waals surface area (Å²) >= 11 is 0. The highest BCUT2D eigenvalue weighted by molar-refractivity contribution is 5.71. The second kappa shape index (κ2) is 4.95. The average molecular weight is 289 g/mol. The van der Waals surface area contributed by atoms with E-state index in [1.807, 2.05) is 0 Å². The highest BCUT2D eigenvalue weighted by Crippen LogP contribution is 2.32. The van der Waals surface area contributed by atoms with E-state index in [1.165, 1.54) is 6.07 Å². The average Bonchev–Trinajstić information content (AvgIpc) is 2.31. The van der Waals surface area contributed by atoms with Crippen molar-refractivity contribution in [3.05, 3.63) is 47.7 Å². The molecular formula is C12H8F5N3. The van der Waals surface area contributed by atoms with Crippen LogP contribution in [0.2, 0.25) is 0 Å². The van der Waals surface area contributed by atoms with E-state index in [2.05, 4.69) is 10.3 Å². The van der Waals surface area contributed by atoms with Gasteiger partial charge in [0.1, 0.15) is 17.2 Å². The van der Waals surface area contributed by atoms with Crippen LogP contribution in [0.5, 0.6) is 0 Å². The number of alkyl halides is 3. The standard InChI is InChI=1S/C12H8F5N3/c13-6-1-3-9(8(18)5-6)19-10-4-2-7(11(14)20-10)12(15,16)17/h1-5H,18H2,(H,19,20). The first-order chi connectivity index (χ1) is 9.27. The van der Waals surface area contributed by atoms with Gasteiger partial charge in [-0.3, -0.25) is 0 Å². The molecule has 0 aliphatic rings. The molecule has 1 aromatic carbocycles. The van der Waals surface area contributed by atoms with Gasteiger partial charge >= 0.3 is 6.18 Å². The lowest BCUT2D eigenvalue weighted by molar-refractivity contribution is -0.140. The van der Waals surface area contributed by atoms with Crippen LogP contribution in [0.4, 0.5) is 39.1 Å². The molecule has 0 radical (unpaired) electrons. The quantitative estimate of drug-likeness (QED) is 0.503. The topological polar surface area (TPSA) is 50.9 Å². The van der Waals surface area contributed by atoms with Crippen LogP contribution in [0.15, 0.2) is 30.3 Å². The van der Waals surface area contributed by atoms with Crippen molar-refractivity contribution in [2.45, 2.75) is 6.18 Å². The third kappa shape index (κ3) is 2.95. The molecule has 0 bridgehead atoms. The van der Waals surface area contributed by atoms with Crippen molar-refractivity contribution in [2.24, 2.45) is 0 Å². The van der Waals surface area contributed by atoms with Gasteiger partial charge in [0.05, 0.1) is 11.4 Å². The van der Waals surface area contributed by atoms with E-state index in [4.69, 9.17) is 5.73 Å². The minimum Gasteiger partial charge on any atom is -0.397 e. The Labute approximate surface area is 110 Å². The Hall–Kier alpha value is -2.38. The first-order valence-electron chi connectivity index (χ1n) is 5.33. The molecular weight excluding hydrogens is 281 g/mol. The summed E-state index contributed by atoms with van der Waals surface area (Å²) in [6.07, 6.45) is -4.81. The van der Waals surface area contributed by atoms with Gasteiger partial charge in [-0.1, -0.05) is 0 Å². The van der Waals surface area contributed by atoms with Crippen molar-refractivity contribution in [1.29, 1.82) is 0 Å². The summed E-state index contributed by atoms with van der Waals surface area (Å²) in [6.45, 7) is 0. The maximum atomic E-state index is 13.3. The molecule has 3 nitrogen and oxygen atoms in total. The van der Waals surface area contributed by atoms with Crippen molar-refractivity contribution >= 4 is 17.2 Å². The zero-order valence-electron chi connectivity index (χ0n) is 9.80. The van der Waals surface area contributed by atoms with E-state index in [9.17, 15) is 22.0 Å². The SMILES string of the molecule is Nc1cc(F)ccc1Nc1ccc(C(F)(F)F)c(F)n1. The Bertz CT molecular complexity index is 639. The second-order valence-electron chi connectivity index (χ2n) is 3.89. The molecule has 0 saturated carbocycles. The Balaban J connectivity index is 2.29. The fourth-order valence-corrected chi connectivity index (χ4v) is 1.50. The number of nitrogens with two attached hydrogens (primary N) is 1. The Morgan fingerprint density at radius 1 is 1.05 bits per heavy atom. The van der Waals surface area contributed by atoms with Gasteiger partial charge in [-0.2, -0.15) is 17.6 Å². The number of hydrogen-bond acceptors (Lipinski definition) is 3. The summed E-state index contributed by atoms with van der Waals surface area (Å²) in [5.74, 6) is -2.39. The number of aromatic nitrogens is 1. The van der Waals surface area contributed by atoms with Crippen LogP contribution < -0.4 is 11.1 Å². The fourth-order valence-electron chi connectivity index (χ4n) is 1.50. The maximum absolute atomic E-state index is 13.3. The first kappa shape index (κ1) is 14.0. The lowest BCUT2D eigenvalue weighted by Crippen LogP contribution is -2.10. The molecule has 2 aromatic rings. The second-order valence-corrected chi connectivity index (χ2v) is 3.89. The number of nitrogens with one attached hydrogen (secondary N) is 1. The lowest BCUT2D eigenvalue weighted by Gasteiger charge is -2.11. The molecule has 106 valence electrons. The fraction of sp³-hybridized carbons (Fsp3) is 0.0833. The number of rotatable bonds is 2. The highest BCUT2D eigenvalue weighted by atomic mass is 19.4. The molecule has 1 aromatic heterocycles. The maximum Gasteiger partial charge on any atom is 0.420 e. The van der Waals surface area contributed by atoms with Crippen LogP contribution in [0.25, 0.3) is 0 Å². The van der Waals surface area contributed by atoms with Crippen molar-refractivity contribution < 1.29 is 22.0 Å². The number of anilines is 3. The summed E-state index contributed by atoms with van der Waals surface area (Å²) in [5.41, 5.74) is 4.27. The van der Waals surface area contributed by atoms with Gasteiger partial charge in [0.2, 0.25) is 5.95 Å². The molecule has 0 atom stereocenters. The normalized spacial score (nSPS) is 11.4. The largest absolute Gasteiger partial charge is 0.420 e. The van der Waals surface area contributed by atoms with Gasteiger partial charge in [0.15, 0.2) is 0 Å². The van der Waals surface area contributed by atoms with Crippen LogP contribution in [-0.2, 0) is 6.18 Å². The van der Waals surface area contributed by atoms with Gasteiger partial charge in [-0.15, -0.1) is 0 Å². The monoisotopic (exact) mass is 289 g/mol. The summed E-state index contributed by atoms with van der Waals surface area (Å²) in [5, 5.41) is 2.51. The van der Waals surface area contributed by atoms with Crippen LogP contribution in [-0.4, -0.2) is 4.98 Å². The highest BCUT2D eigenvalue weighted by Gasteiger charge is 2.34. The van der Waals surface area contributed by atoms with Gasteiger partial charge < -0.3 is 11.1 Å². The number of benzene rings is 1. The van der Waals surface area contributed by atoms with E-state index >= 15 is 0 Å². The van der Waals surface area contributed by atoms with E-state index in [0.717, 1.165) is 18.2 Å². The third-order valence-corrected chi connectivity index (χ3v) is 2.43. The molecule has 8 heteroatoms. The van der Waals surface area contributed by atoms with E-state index in [0.29, 0.717) is 6.07 Å². The van der Waals surface area contributed by atoms with Crippen molar-refractivity contribution in [3.8, 4) is 0 Å². The predicted octanol–water partition coefficient (Wildman–Crippen LogP) is 3.70. The van der Waals surface area contributed by atoms with Gasteiger partial charge in [-0.25, -0.2) is 9.37 Å². The lowest BCUT2D eigenvalue weighted by atomic mass is 10.2. The molecule has 3 N–H and O–H groups in total. The zero-order valence-corrected chi connectivity index (χ0v) is 9.80. The van der Waals surface area contributed by atoms with Crippen LogP contribution >= 0.6 is 0 Å². The number of hydrogen-bond donors (Lipinski definition) is 2. The Kier molecular flexibility index (Phi) is 3.47. The van der Waals surface area contributed by atoms with E-state index < -0.39 is 23.5 Å². The van der Waals surface area contributed by atoms with Crippen molar-refractivity contribution in [3.63, 3.8) is 0 Å². The van der Waals surface area contributed by atoms with Gasteiger partial charge in [0, 0.05) is 0 Å². The van der Waals surface area contributed by atoms with Crippen molar-refractivity contribution in [1.82, 2.24) is 4.98 Å². The van der Waals surface area contributed by atoms with E-state index in [-0.39, 0.29) is 17.2 Å². The summed E-state index contributed by atoms with van der Waals surface area (Å²) in [6, 6.07) is 4.89. The molecule has 1 heterocycles. The summed E-state index contributed by atoms with van der Waals surface area (Å²) in [7, 11) is 0. The van der Waals surface area contributed by atoms with Gasteiger partial charge in [0.25, 0.3) is 0 Å². The van der Waals surface area contributed by atoms with Crippen LogP contribution in [0.3, 0.4) is 0 Å². The van der Waals surface area contributed by atoms with Gasteiger partial charge in [-0.05, 0) is 30.3 Å². The Morgan fingerprint density at radius 3 is 2.30 bits per heavy atom. The molecule has 0 aliphatic heterocycles. The zero-order chi connectivity index (χ0) is 14.9. The number of halogens is 5. The minimum atomic E-state index is -4.81. The van der Waals surface area contributed by atoms with Crippen molar-refractivity contribution in [2.75, 3.05) is 11.1 Å². The molecule has 0 fully saturated rings. The van der Waals surface area contributed by atoms with Crippen LogP contribution in [0, 0.1) is 11.8 Å². The number of pyridine rings is 1. The third-order valence-electron chi connectivity index (χ3n) is 2.43. The number of nitrogen functional groups attached to an aromatic ring is 1. The summed E-state index contributed by atoms with van der Waals surface area (Å²) < 4.78 is 63.1. The number of nitrogens with zero attached hydrogens (tertiary/aromatic N) is 1. The molecule has 0 saturated heterocycles. The minimum absolute atomic E-state index is 0.0205. The summed E-state index contributed by atoms with van der Waals surface area (Å²) in [4.78, 5) is 3.15. The molecule has 0 amide bonds. The van der Waals surface area contributed by atoms with Crippen LogP contribution in [0.1, 0.15) is 5.56 Å². The molecule has 0 aliphatic carbocycles. The first-order valence-corrected chi connectivity index (χ1v) is 5.33. The molecule has 0 unspecified atom stereocenters.